The molecule has 1 saturated heterocycles. The summed E-state index contributed by atoms with van der Waals surface area (Å²) >= 11 is 0. The summed E-state index contributed by atoms with van der Waals surface area (Å²) in [7, 11) is 1.57. The number of aromatic amines is 1. The van der Waals surface area contributed by atoms with Crippen molar-refractivity contribution in [3.05, 3.63) is 71.1 Å². The van der Waals surface area contributed by atoms with Crippen molar-refractivity contribution in [2.45, 2.75) is 0 Å². The van der Waals surface area contributed by atoms with Gasteiger partial charge in [-0.15, -0.1) is 0 Å². The third-order valence-electron chi connectivity index (χ3n) is 5.85. The summed E-state index contributed by atoms with van der Waals surface area (Å²) in [5, 5.41) is 4.53. The van der Waals surface area contributed by atoms with Crippen LogP contribution in [0.15, 0.2) is 65.6 Å². The number of anilines is 2. The van der Waals surface area contributed by atoms with Gasteiger partial charge in [-0.05, 0) is 47.9 Å². The van der Waals surface area contributed by atoms with E-state index in [0.29, 0.717) is 35.1 Å². The second-order valence-corrected chi connectivity index (χ2v) is 8.14. The molecular formula is C26H27N5O4. The minimum absolute atomic E-state index is 0.217. The number of nitrogens with one attached hydrogen (secondary N) is 2. The van der Waals surface area contributed by atoms with E-state index in [4.69, 9.17) is 19.2 Å². The molecule has 0 saturated carbocycles. The zero-order valence-electron chi connectivity index (χ0n) is 19.5. The van der Waals surface area contributed by atoms with Crippen LogP contribution in [0.3, 0.4) is 0 Å². The average Bonchev–Trinajstić information content (AvgIpc) is 2.90. The Morgan fingerprint density at radius 3 is 2.69 bits per heavy atom. The molecule has 1 aromatic carbocycles. The summed E-state index contributed by atoms with van der Waals surface area (Å²) in [6.45, 7) is 4.92. The summed E-state index contributed by atoms with van der Waals surface area (Å²) in [5.74, 6) is 1.73. The molecule has 0 bridgehead atoms. The summed E-state index contributed by atoms with van der Waals surface area (Å²) in [5.41, 5.74) is 1.86. The fourth-order valence-corrected chi connectivity index (χ4v) is 4.00. The molecule has 1 aliphatic heterocycles. The molecule has 0 atom stereocenters. The number of H-pyrrole nitrogens is 1. The number of aromatic nitrogens is 3. The number of pyridine rings is 3. The summed E-state index contributed by atoms with van der Waals surface area (Å²) in [6, 6.07) is 16.8. The molecule has 4 aromatic rings. The molecule has 3 aromatic heterocycles. The minimum Gasteiger partial charge on any atom is -0.492 e. The molecule has 180 valence electrons. The Bertz CT molecular complexity index is 1350. The van der Waals surface area contributed by atoms with Crippen molar-refractivity contribution in [2.75, 3.05) is 51.9 Å². The smallest absolute Gasteiger partial charge is 0.259 e. The quantitative estimate of drug-likeness (QED) is 0.401. The van der Waals surface area contributed by atoms with Gasteiger partial charge in [-0.3, -0.25) is 9.69 Å². The van der Waals surface area contributed by atoms with Crippen molar-refractivity contribution in [3.8, 4) is 23.0 Å². The molecule has 9 heteroatoms. The van der Waals surface area contributed by atoms with Crippen LogP contribution in [0, 0.1) is 0 Å². The van der Waals surface area contributed by atoms with Gasteiger partial charge in [0.05, 0.1) is 37.1 Å². The number of morpholine rings is 1. The van der Waals surface area contributed by atoms with Gasteiger partial charge in [-0.2, -0.15) is 0 Å². The SMILES string of the molecule is COc1cccc(-c2cc3cc[nH]c(=O)c3c(Nc3ccc(OCCN4CCOCC4)cc3)n2)n1. The number of benzene rings is 1. The van der Waals surface area contributed by atoms with Crippen LogP contribution in [-0.4, -0.2) is 66.4 Å². The maximum Gasteiger partial charge on any atom is 0.259 e. The van der Waals surface area contributed by atoms with Gasteiger partial charge in [0.15, 0.2) is 0 Å². The molecule has 5 rings (SSSR count). The first-order chi connectivity index (χ1) is 17.2. The second kappa shape index (κ2) is 10.5. The molecule has 0 spiro atoms. The lowest BCUT2D eigenvalue weighted by Gasteiger charge is -2.26. The lowest BCUT2D eigenvalue weighted by molar-refractivity contribution is 0.0322. The van der Waals surface area contributed by atoms with E-state index >= 15 is 0 Å². The first-order valence-electron chi connectivity index (χ1n) is 11.5. The Balaban J connectivity index is 1.36. The molecule has 9 nitrogen and oxygen atoms in total. The Labute approximate surface area is 202 Å². The van der Waals surface area contributed by atoms with Gasteiger partial charge in [0, 0.05) is 37.6 Å². The highest BCUT2D eigenvalue weighted by Crippen LogP contribution is 2.28. The molecule has 0 amide bonds. The van der Waals surface area contributed by atoms with E-state index in [1.54, 1.807) is 19.4 Å². The lowest BCUT2D eigenvalue weighted by Crippen LogP contribution is -2.38. The Morgan fingerprint density at radius 2 is 1.89 bits per heavy atom. The van der Waals surface area contributed by atoms with E-state index in [1.165, 1.54) is 0 Å². The average molecular weight is 474 g/mol. The number of hydrogen-bond acceptors (Lipinski definition) is 8. The normalized spacial score (nSPS) is 14.1. The fraction of sp³-hybridized carbons (Fsp3) is 0.269. The van der Waals surface area contributed by atoms with E-state index in [1.807, 2.05) is 48.5 Å². The number of hydrogen-bond donors (Lipinski definition) is 2. The zero-order chi connectivity index (χ0) is 24.0. The van der Waals surface area contributed by atoms with E-state index in [0.717, 1.165) is 49.7 Å². The molecule has 4 heterocycles. The van der Waals surface area contributed by atoms with Crippen molar-refractivity contribution in [1.29, 1.82) is 0 Å². The molecule has 1 aliphatic rings. The van der Waals surface area contributed by atoms with Crippen LogP contribution in [0.4, 0.5) is 11.5 Å². The second-order valence-electron chi connectivity index (χ2n) is 8.14. The third kappa shape index (κ3) is 5.42. The third-order valence-corrected chi connectivity index (χ3v) is 5.85. The molecule has 35 heavy (non-hydrogen) atoms. The van der Waals surface area contributed by atoms with Gasteiger partial charge in [0.25, 0.3) is 5.56 Å². The Hall–Kier alpha value is -3.95. The molecule has 1 fully saturated rings. The van der Waals surface area contributed by atoms with Crippen LogP contribution in [0.2, 0.25) is 0 Å². The number of fused-ring (bicyclic) bond motifs is 1. The maximum atomic E-state index is 12.6. The van der Waals surface area contributed by atoms with Crippen LogP contribution >= 0.6 is 0 Å². The number of methoxy groups -OCH3 is 1. The van der Waals surface area contributed by atoms with Gasteiger partial charge in [-0.25, -0.2) is 9.97 Å². The van der Waals surface area contributed by atoms with Crippen LogP contribution < -0.4 is 20.3 Å². The molecular weight excluding hydrogens is 446 g/mol. The Morgan fingerprint density at radius 1 is 1.06 bits per heavy atom. The molecule has 0 radical (unpaired) electrons. The fourth-order valence-electron chi connectivity index (χ4n) is 4.00. The van der Waals surface area contributed by atoms with Crippen molar-refractivity contribution in [2.24, 2.45) is 0 Å². The lowest BCUT2D eigenvalue weighted by atomic mass is 10.1. The molecule has 0 unspecified atom stereocenters. The zero-order valence-corrected chi connectivity index (χ0v) is 19.5. The minimum atomic E-state index is -0.217. The highest BCUT2D eigenvalue weighted by atomic mass is 16.5. The van der Waals surface area contributed by atoms with E-state index < -0.39 is 0 Å². The van der Waals surface area contributed by atoms with Gasteiger partial charge in [-0.1, -0.05) is 6.07 Å². The summed E-state index contributed by atoms with van der Waals surface area (Å²) in [4.78, 5) is 26.9. The Kier molecular flexibility index (Phi) is 6.87. The van der Waals surface area contributed by atoms with Gasteiger partial charge in [0.2, 0.25) is 5.88 Å². The van der Waals surface area contributed by atoms with E-state index in [-0.39, 0.29) is 5.56 Å². The predicted molar refractivity (Wildman–Crippen MR) is 135 cm³/mol. The van der Waals surface area contributed by atoms with Gasteiger partial charge in [0.1, 0.15) is 18.2 Å². The van der Waals surface area contributed by atoms with Gasteiger partial charge < -0.3 is 24.5 Å². The van der Waals surface area contributed by atoms with Crippen molar-refractivity contribution < 1.29 is 14.2 Å². The number of rotatable bonds is 8. The predicted octanol–water partition coefficient (Wildman–Crippen LogP) is 3.45. The van der Waals surface area contributed by atoms with E-state index in [9.17, 15) is 4.79 Å². The van der Waals surface area contributed by atoms with Crippen LogP contribution in [0.5, 0.6) is 11.6 Å². The monoisotopic (exact) mass is 473 g/mol. The van der Waals surface area contributed by atoms with Gasteiger partial charge >= 0.3 is 0 Å². The van der Waals surface area contributed by atoms with Crippen molar-refractivity contribution in [3.63, 3.8) is 0 Å². The van der Waals surface area contributed by atoms with Crippen molar-refractivity contribution >= 4 is 22.3 Å². The van der Waals surface area contributed by atoms with Crippen LogP contribution in [-0.2, 0) is 4.74 Å². The topological polar surface area (TPSA) is 102 Å². The largest absolute Gasteiger partial charge is 0.492 e. The van der Waals surface area contributed by atoms with Crippen LogP contribution in [0.25, 0.3) is 22.2 Å². The summed E-state index contributed by atoms with van der Waals surface area (Å²) in [6.07, 6.45) is 1.63. The van der Waals surface area contributed by atoms with E-state index in [2.05, 4.69) is 20.2 Å². The number of nitrogens with zero attached hydrogens (tertiary/aromatic N) is 3. The number of ether oxygens (including phenoxy) is 3. The highest BCUT2D eigenvalue weighted by molar-refractivity contribution is 5.94. The molecule has 0 aliphatic carbocycles. The molecule has 2 N–H and O–H groups in total. The standard InChI is InChI=1S/C26H27N5O4/c1-33-23-4-2-3-21(29-23)22-17-18-9-10-27-26(32)24(18)25(30-22)28-19-5-7-20(8-6-19)35-16-13-31-11-14-34-15-12-31/h2-10,17H,11-16H2,1H3,(H,27,32)(H,28,30). The van der Waals surface area contributed by atoms with Crippen molar-refractivity contribution in [1.82, 2.24) is 19.9 Å². The summed E-state index contributed by atoms with van der Waals surface area (Å²) < 4.78 is 16.5. The maximum absolute atomic E-state index is 12.6. The highest BCUT2D eigenvalue weighted by Gasteiger charge is 2.13. The van der Waals surface area contributed by atoms with Crippen LogP contribution in [0.1, 0.15) is 0 Å². The first kappa shape index (κ1) is 22.8. The first-order valence-corrected chi connectivity index (χ1v) is 11.5.